The van der Waals surface area contributed by atoms with Gasteiger partial charge in [-0.2, -0.15) is 0 Å². The topological polar surface area (TPSA) is 29.1 Å². The number of carbonyl (C=O) groups excluding carboxylic acids is 1. The number of benzene rings is 1. The molecule has 0 radical (unpaired) electrons. The Balaban J connectivity index is 3.05. The predicted octanol–water partition coefficient (Wildman–Crippen LogP) is 4.28. The highest BCUT2D eigenvalue weighted by molar-refractivity contribution is 5.90. The van der Waals surface area contributed by atoms with E-state index in [2.05, 4.69) is 45.1 Å². The molecule has 0 bridgehead atoms. The number of amides is 1. The van der Waals surface area contributed by atoms with Crippen molar-refractivity contribution in [2.24, 2.45) is 0 Å². The summed E-state index contributed by atoms with van der Waals surface area (Å²) in [7, 11) is 0. The summed E-state index contributed by atoms with van der Waals surface area (Å²) in [6.45, 7) is 10.6. The molecule has 1 amide bonds. The SMILES string of the molecule is CCC(=O)Nc1ccc(C(C)C)c(C(C)C)c1. The Morgan fingerprint density at radius 1 is 1.12 bits per heavy atom. The van der Waals surface area contributed by atoms with Gasteiger partial charge in [0.25, 0.3) is 0 Å². The van der Waals surface area contributed by atoms with Gasteiger partial charge in [-0.25, -0.2) is 0 Å². The van der Waals surface area contributed by atoms with Crippen LogP contribution in [0.2, 0.25) is 0 Å². The van der Waals surface area contributed by atoms with Crippen LogP contribution < -0.4 is 5.32 Å². The molecule has 0 fully saturated rings. The average molecular weight is 233 g/mol. The van der Waals surface area contributed by atoms with E-state index in [9.17, 15) is 4.79 Å². The molecule has 1 aromatic rings. The summed E-state index contributed by atoms with van der Waals surface area (Å²) < 4.78 is 0. The Morgan fingerprint density at radius 3 is 2.18 bits per heavy atom. The maximum absolute atomic E-state index is 11.4. The van der Waals surface area contributed by atoms with Crippen LogP contribution >= 0.6 is 0 Å². The first-order chi connectivity index (χ1) is 7.95. The molecule has 94 valence electrons. The summed E-state index contributed by atoms with van der Waals surface area (Å²) in [6.07, 6.45) is 0.517. The first-order valence-electron chi connectivity index (χ1n) is 6.39. The second-order valence-corrected chi connectivity index (χ2v) is 5.05. The fourth-order valence-corrected chi connectivity index (χ4v) is 1.93. The fourth-order valence-electron chi connectivity index (χ4n) is 1.93. The monoisotopic (exact) mass is 233 g/mol. The standard InChI is InChI=1S/C15H23NO/c1-6-15(17)16-12-7-8-13(10(2)3)14(9-12)11(4)5/h7-11H,6H2,1-5H3,(H,16,17). The molecule has 0 aliphatic carbocycles. The molecule has 17 heavy (non-hydrogen) atoms. The lowest BCUT2D eigenvalue weighted by molar-refractivity contribution is -0.115. The van der Waals surface area contributed by atoms with Crippen molar-refractivity contribution in [2.45, 2.75) is 52.9 Å². The van der Waals surface area contributed by atoms with E-state index >= 15 is 0 Å². The highest BCUT2D eigenvalue weighted by atomic mass is 16.1. The van der Waals surface area contributed by atoms with E-state index in [0.29, 0.717) is 18.3 Å². The molecule has 0 aromatic heterocycles. The minimum atomic E-state index is 0.0667. The Labute approximate surface area is 104 Å². The zero-order valence-electron chi connectivity index (χ0n) is 11.5. The van der Waals surface area contributed by atoms with Gasteiger partial charge in [-0.05, 0) is 35.1 Å². The number of nitrogens with one attached hydrogen (secondary N) is 1. The van der Waals surface area contributed by atoms with Gasteiger partial charge in [0.2, 0.25) is 5.91 Å². The highest BCUT2D eigenvalue weighted by Gasteiger charge is 2.11. The van der Waals surface area contributed by atoms with E-state index in [4.69, 9.17) is 0 Å². The van der Waals surface area contributed by atoms with Crippen molar-refractivity contribution >= 4 is 11.6 Å². The van der Waals surface area contributed by atoms with Crippen LogP contribution in [-0.4, -0.2) is 5.91 Å². The van der Waals surface area contributed by atoms with Crippen molar-refractivity contribution in [3.05, 3.63) is 29.3 Å². The summed E-state index contributed by atoms with van der Waals surface area (Å²) in [5, 5.41) is 2.91. The summed E-state index contributed by atoms with van der Waals surface area (Å²) in [6, 6.07) is 6.23. The van der Waals surface area contributed by atoms with E-state index in [-0.39, 0.29) is 5.91 Å². The van der Waals surface area contributed by atoms with Gasteiger partial charge in [-0.3, -0.25) is 4.79 Å². The predicted molar refractivity (Wildman–Crippen MR) is 73.5 cm³/mol. The van der Waals surface area contributed by atoms with Crippen LogP contribution in [0.5, 0.6) is 0 Å². The van der Waals surface area contributed by atoms with E-state index in [1.807, 2.05) is 13.0 Å². The second-order valence-electron chi connectivity index (χ2n) is 5.05. The first-order valence-corrected chi connectivity index (χ1v) is 6.39. The second kappa shape index (κ2) is 5.85. The number of carbonyl (C=O) groups is 1. The maximum Gasteiger partial charge on any atom is 0.224 e. The van der Waals surface area contributed by atoms with Crippen molar-refractivity contribution in [3.63, 3.8) is 0 Å². The molecule has 0 atom stereocenters. The fraction of sp³-hybridized carbons (Fsp3) is 0.533. The molecule has 0 spiro atoms. The van der Waals surface area contributed by atoms with Crippen LogP contribution in [0.3, 0.4) is 0 Å². The van der Waals surface area contributed by atoms with Crippen LogP contribution in [0.1, 0.15) is 64.0 Å². The Morgan fingerprint density at radius 2 is 1.71 bits per heavy atom. The molecule has 0 aliphatic rings. The highest BCUT2D eigenvalue weighted by Crippen LogP contribution is 2.28. The van der Waals surface area contributed by atoms with Crippen molar-refractivity contribution < 1.29 is 4.79 Å². The number of hydrogen-bond acceptors (Lipinski definition) is 1. The zero-order valence-corrected chi connectivity index (χ0v) is 11.5. The van der Waals surface area contributed by atoms with Crippen LogP contribution in [-0.2, 0) is 4.79 Å². The number of anilines is 1. The molecule has 0 saturated heterocycles. The van der Waals surface area contributed by atoms with Gasteiger partial charge in [0.05, 0.1) is 0 Å². The lowest BCUT2D eigenvalue weighted by atomic mass is 9.90. The molecule has 2 nitrogen and oxygen atoms in total. The van der Waals surface area contributed by atoms with Crippen LogP contribution in [0.25, 0.3) is 0 Å². The Hall–Kier alpha value is -1.31. The normalized spacial score (nSPS) is 11.0. The molecule has 1 aromatic carbocycles. The first kappa shape index (κ1) is 13.8. The third-order valence-electron chi connectivity index (χ3n) is 2.94. The van der Waals surface area contributed by atoms with Crippen LogP contribution in [0.4, 0.5) is 5.69 Å². The summed E-state index contributed by atoms with van der Waals surface area (Å²) in [5.74, 6) is 1.06. The minimum absolute atomic E-state index is 0.0667. The maximum atomic E-state index is 11.4. The van der Waals surface area contributed by atoms with Gasteiger partial charge in [-0.1, -0.05) is 40.7 Å². The van der Waals surface area contributed by atoms with Gasteiger partial charge >= 0.3 is 0 Å². The molecule has 0 unspecified atom stereocenters. The van der Waals surface area contributed by atoms with Crippen molar-refractivity contribution in [1.82, 2.24) is 0 Å². The van der Waals surface area contributed by atoms with Crippen molar-refractivity contribution in [1.29, 1.82) is 0 Å². The third kappa shape index (κ3) is 3.58. The smallest absolute Gasteiger partial charge is 0.224 e. The van der Waals surface area contributed by atoms with E-state index in [0.717, 1.165) is 5.69 Å². The lowest BCUT2D eigenvalue weighted by Gasteiger charge is -2.17. The minimum Gasteiger partial charge on any atom is -0.326 e. The molecular formula is C15H23NO. The van der Waals surface area contributed by atoms with Gasteiger partial charge in [0.15, 0.2) is 0 Å². The van der Waals surface area contributed by atoms with Crippen LogP contribution in [0.15, 0.2) is 18.2 Å². The number of hydrogen-bond donors (Lipinski definition) is 1. The number of rotatable bonds is 4. The largest absolute Gasteiger partial charge is 0.326 e. The van der Waals surface area contributed by atoms with Crippen LogP contribution in [0, 0.1) is 0 Å². The van der Waals surface area contributed by atoms with Crippen molar-refractivity contribution in [2.75, 3.05) is 5.32 Å². The van der Waals surface area contributed by atoms with Gasteiger partial charge in [0, 0.05) is 12.1 Å². The van der Waals surface area contributed by atoms with E-state index in [1.54, 1.807) is 0 Å². The molecule has 2 heteroatoms. The lowest BCUT2D eigenvalue weighted by Crippen LogP contribution is -2.10. The molecular weight excluding hydrogens is 210 g/mol. The van der Waals surface area contributed by atoms with E-state index < -0.39 is 0 Å². The zero-order chi connectivity index (χ0) is 13.0. The van der Waals surface area contributed by atoms with Gasteiger partial charge in [-0.15, -0.1) is 0 Å². The summed E-state index contributed by atoms with van der Waals surface area (Å²) in [5.41, 5.74) is 3.60. The molecule has 0 aliphatic heterocycles. The molecule has 1 N–H and O–H groups in total. The van der Waals surface area contributed by atoms with Crippen molar-refractivity contribution in [3.8, 4) is 0 Å². The average Bonchev–Trinajstić information content (AvgIpc) is 2.28. The van der Waals surface area contributed by atoms with E-state index in [1.165, 1.54) is 11.1 Å². The third-order valence-corrected chi connectivity index (χ3v) is 2.94. The Kier molecular flexibility index (Phi) is 4.73. The van der Waals surface area contributed by atoms with Gasteiger partial charge in [0.1, 0.15) is 0 Å². The quantitative estimate of drug-likeness (QED) is 0.826. The molecule has 1 rings (SSSR count). The summed E-state index contributed by atoms with van der Waals surface area (Å²) >= 11 is 0. The molecule has 0 saturated carbocycles. The van der Waals surface area contributed by atoms with Gasteiger partial charge < -0.3 is 5.32 Å². The molecule has 0 heterocycles. The Bertz CT molecular complexity index is 394. The summed E-state index contributed by atoms with van der Waals surface area (Å²) in [4.78, 5) is 11.4.